The molecule has 2 bridgehead atoms. The molecule has 3 aliphatic rings. The number of nitrogens with zero attached hydrogens (tertiary/aromatic N) is 1. The fraction of sp³-hybridized carbons (Fsp3) is 0.650. The summed E-state index contributed by atoms with van der Waals surface area (Å²) in [7, 11) is 0. The highest BCUT2D eigenvalue weighted by atomic mass is 16.6. The Morgan fingerprint density at radius 2 is 1.92 bits per heavy atom. The molecule has 0 radical (unpaired) electrons. The minimum Gasteiger partial charge on any atom is -0.483 e. The Hall–Kier alpha value is -1.75. The number of carbonyl (C=O) groups is 1. The largest absolute Gasteiger partial charge is 0.483 e. The number of hydrogen-bond acceptors (Lipinski definition) is 4. The molecule has 1 N–H and O–H groups in total. The second kappa shape index (κ2) is 6.87. The summed E-state index contributed by atoms with van der Waals surface area (Å²) in [5.41, 5.74) is 0.653. The predicted octanol–water partition coefficient (Wildman–Crippen LogP) is 2.84. The zero-order valence-corrected chi connectivity index (χ0v) is 15.2. The first-order chi connectivity index (χ1) is 12.2. The van der Waals surface area contributed by atoms with E-state index in [-0.39, 0.29) is 24.2 Å². The predicted molar refractivity (Wildman–Crippen MR) is 96.3 cm³/mol. The summed E-state index contributed by atoms with van der Waals surface area (Å²) in [4.78, 5) is 15.1. The molecule has 2 saturated heterocycles. The highest BCUT2D eigenvalue weighted by Crippen LogP contribution is 2.36. The van der Waals surface area contributed by atoms with Gasteiger partial charge < -0.3 is 19.7 Å². The van der Waals surface area contributed by atoms with Crippen molar-refractivity contribution in [3.8, 4) is 11.5 Å². The molecule has 5 nitrogen and oxygen atoms in total. The van der Waals surface area contributed by atoms with Crippen LogP contribution < -0.4 is 14.8 Å². The van der Waals surface area contributed by atoms with Crippen LogP contribution in [0.1, 0.15) is 49.9 Å². The molecule has 25 heavy (non-hydrogen) atoms. The first-order valence-corrected chi connectivity index (χ1v) is 9.66. The molecule has 1 amide bonds. The van der Waals surface area contributed by atoms with Crippen molar-refractivity contribution in [2.24, 2.45) is 5.92 Å². The third-order valence-electron chi connectivity index (χ3n) is 5.78. The first kappa shape index (κ1) is 16.7. The summed E-state index contributed by atoms with van der Waals surface area (Å²) in [6.07, 6.45) is 4.32. The SMILES string of the molecule is CC[C@H]1Oc2ccc(C(=O)N[C@@H]3C[C@H]4CCN(C4)C3)cc2O[C@@H]1CC. The Labute approximate surface area is 149 Å². The Kier molecular flexibility index (Phi) is 4.59. The van der Waals surface area contributed by atoms with E-state index in [0.29, 0.717) is 11.3 Å². The third kappa shape index (κ3) is 3.34. The summed E-state index contributed by atoms with van der Waals surface area (Å²) in [6, 6.07) is 5.80. The molecule has 0 spiro atoms. The van der Waals surface area contributed by atoms with E-state index in [2.05, 4.69) is 24.1 Å². The number of benzene rings is 1. The summed E-state index contributed by atoms with van der Waals surface area (Å²) < 4.78 is 12.1. The molecular formula is C20H28N2O3. The van der Waals surface area contributed by atoms with Gasteiger partial charge in [0.15, 0.2) is 11.5 Å². The summed E-state index contributed by atoms with van der Waals surface area (Å²) >= 11 is 0. The van der Waals surface area contributed by atoms with Gasteiger partial charge in [0, 0.05) is 24.7 Å². The molecule has 5 heteroatoms. The minimum atomic E-state index is -0.00966. The van der Waals surface area contributed by atoms with E-state index in [1.165, 1.54) is 19.5 Å². The Balaban J connectivity index is 1.45. The first-order valence-electron chi connectivity index (χ1n) is 9.66. The molecule has 1 aromatic rings. The van der Waals surface area contributed by atoms with Gasteiger partial charge in [-0.3, -0.25) is 4.79 Å². The van der Waals surface area contributed by atoms with E-state index in [1.807, 2.05) is 18.2 Å². The Morgan fingerprint density at radius 3 is 2.64 bits per heavy atom. The maximum Gasteiger partial charge on any atom is 0.251 e. The van der Waals surface area contributed by atoms with E-state index >= 15 is 0 Å². The molecule has 0 saturated carbocycles. The van der Waals surface area contributed by atoms with Crippen LogP contribution in [-0.4, -0.2) is 48.7 Å². The lowest BCUT2D eigenvalue weighted by Crippen LogP contribution is -2.47. The van der Waals surface area contributed by atoms with Crippen LogP contribution in [0.15, 0.2) is 18.2 Å². The Morgan fingerprint density at radius 1 is 1.16 bits per heavy atom. The monoisotopic (exact) mass is 344 g/mol. The van der Waals surface area contributed by atoms with Crippen molar-refractivity contribution in [1.29, 1.82) is 0 Å². The van der Waals surface area contributed by atoms with Gasteiger partial charge in [0.05, 0.1) is 0 Å². The van der Waals surface area contributed by atoms with Crippen LogP contribution in [0.5, 0.6) is 11.5 Å². The quantitative estimate of drug-likeness (QED) is 0.912. The zero-order valence-electron chi connectivity index (χ0n) is 15.2. The van der Waals surface area contributed by atoms with Gasteiger partial charge in [0.25, 0.3) is 5.91 Å². The van der Waals surface area contributed by atoms with Crippen LogP contribution in [0.25, 0.3) is 0 Å². The molecule has 3 heterocycles. The van der Waals surface area contributed by atoms with E-state index in [1.54, 1.807) is 0 Å². The topological polar surface area (TPSA) is 50.8 Å². The number of hydrogen-bond donors (Lipinski definition) is 1. The average molecular weight is 344 g/mol. The lowest BCUT2D eigenvalue weighted by Gasteiger charge is -2.33. The highest BCUT2D eigenvalue weighted by Gasteiger charge is 2.33. The van der Waals surface area contributed by atoms with Crippen molar-refractivity contribution < 1.29 is 14.3 Å². The lowest BCUT2D eigenvalue weighted by molar-refractivity contribution is 0.0168. The molecule has 3 aliphatic heterocycles. The number of nitrogens with one attached hydrogen (secondary N) is 1. The van der Waals surface area contributed by atoms with Gasteiger partial charge in [-0.05, 0) is 56.3 Å². The number of fused-ring (bicyclic) bond motifs is 3. The van der Waals surface area contributed by atoms with Crippen molar-refractivity contribution >= 4 is 5.91 Å². The number of amides is 1. The molecule has 136 valence electrons. The van der Waals surface area contributed by atoms with Crippen LogP contribution >= 0.6 is 0 Å². The van der Waals surface area contributed by atoms with Gasteiger partial charge in [0.1, 0.15) is 12.2 Å². The Bertz CT molecular complexity index is 636. The molecule has 1 unspecified atom stereocenters. The van der Waals surface area contributed by atoms with Crippen LogP contribution in [-0.2, 0) is 0 Å². The summed E-state index contributed by atoms with van der Waals surface area (Å²) in [5, 5.41) is 3.21. The number of carbonyl (C=O) groups excluding carboxylic acids is 1. The zero-order chi connectivity index (χ0) is 17.4. The van der Waals surface area contributed by atoms with Gasteiger partial charge in [-0.25, -0.2) is 0 Å². The lowest BCUT2D eigenvalue weighted by atomic mass is 9.96. The van der Waals surface area contributed by atoms with Crippen molar-refractivity contribution in [2.75, 3.05) is 19.6 Å². The smallest absolute Gasteiger partial charge is 0.251 e. The number of piperidine rings is 1. The molecule has 1 aromatic carbocycles. The molecule has 2 fully saturated rings. The molecular weight excluding hydrogens is 316 g/mol. The van der Waals surface area contributed by atoms with E-state index in [9.17, 15) is 4.79 Å². The summed E-state index contributed by atoms with van der Waals surface area (Å²) in [5.74, 6) is 2.17. The normalized spacial score (nSPS) is 33.1. The third-order valence-corrected chi connectivity index (χ3v) is 5.78. The van der Waals surface area contributed by atoms with E-state index < -0.39 is 0 Å². The van der Waals surface area contributed by atoms with E-state index in [0.717, 1.165) is 37.5 Å². The maximum atomic E-state index is 12.7. The van der Waals surface area contributed by atoms with Crippen molar-refractivity contribution in [3.05, 3.63) is 23.8 Å². The summed E-state index contributed by atoms with van der Waals surface area (Å²) in [6.45, 7) is 7.57. The van der Waals surface area contributed by atoms with E-state index in [4.69, 9.17) is 9.47 Å². The number of rotatable bonds is 4. The van der Waals surface area contributed by atoms with Gasteiger partial charge in [-0.2, -0.15) is 0 Å². The van der Waals surface area contributed by atoms with Crippen molar-refractivity contribution in [3.63, 3.8) is 0 Å². The second-order valence-corrected chi connectivity index (χ2v) is 7.61. The molecule has 4 rings (SSSR count). The maximum absolute atomic E-state index is 12.7. The fourth-order valence-electron chi connectivity index (χ4n) is 4.44. The molecule has 0 aromatic heterocycles. The molecule has 0 aliphatic carbocycles. The highest BCUT2D eigenvalue weighted by molar-refractivity contribution is 5.95. The van der Waals surface area contributed by atoms with Crippen molar-refractivity contribution in [2.45, 2.75) is 57.8 Å². The van der Waals surface area contributed by atoms with Crippen LogP contribution in [0, 0.1) is 5.92 Å². The minimum absolute atomic E-state index is 0.00966. The standard InChI is InChI=1S/C20H28N2O3/c1-3-16-17(4-2)25-19-10-14(5-6-18(19)24-16)20(23)21-15-9-13-7-8-22(11-13)12-15/h5-6,10,13,15-17H,3-4,7-9,11-12H2,1-2H3,(H,21,23)/t13-,15-,16-,17-/m1/s1. The average Bonchev–Trinajstić information content (AvgIpc) is 2.98. The van der Waals surface area contributed by atoms with Gasteiger partial charge in [0.2, 0.25) is 0 Å². The van der Waals surface area contributed by atoms with Gasteiger partial charge in [-0.1, -0.05) is 13.8 Å². The molecule has 5 atom stereocenters. The van der Waals surface area contributed by atoms with Gasteiger partial charge in [-0.15, -0.1) is 0 Å². The van der Waals surface area contributed by atoms with Gasteiger partial charge >= 0.3 is 0 Å². The van der Waals surface area contributed by atoms with Crippen molar-refractivity contribution in [1.82, 2.24) is 10.2 Å². The van der Waals surface area contributed by atoms with Crippen LogP contribution in [0.3, 0.4) is 0 Å². The number of ether oxygens (including phenoxy) is 2. The fourth-order valence-corrected chi connectivity index (χ4v) is 4.44. The second-order valence-electron chi connectivity index (χ2n) is 7.61. The van der Waals surface area contributed by atoms with Crippen LogP contribution in [0.2, 0.25) is 0 Å². The van der Waals surface area contributed by atoms with Crippen LogP contribution in [0.4, 0.5) is 0 Å².